The number of hydrogen-bond donors (Lipinski definition) is 5. The van der Waals surface area contributed by atoms with Crippen molar-refractivity contribution in [3.8, 4) is 0 Å². The molecule has 2 unspecified atom stereocenters. The minimum atomic E-state index is -0.482. The number of rotatable bonds is 11. The number of aliphatic hydroxyl groups is 3. The van der Waals surface area contributed by atoms with E-state index in [1.165, 1.54) is 0 Å². The monoisotopic (exact) mass is 234 g/mol. The van der Waals surface area contributed by atoms with Gasteiger partial charge in [-0.3, -0.25) is 0 Å². The molecule has 0 bridgehead atoms. The van der Waals surface area contributed by atoms with Crippen LogP contribution in [0.1, 0.15) is 26.2 Å². The third-order valence-corrected chi connectivity index (χ3v) is 2.32. The molecule has 2 atom stereocenters. The third-order valence-electron chi connectivity index (χ3n) is 2.32. The highest BCUT2D eigenvalue weighted by Gasteiger charge is 2.06. The highest BCUT2D eigenvalue weighted by Crippen LogP contribution is 1.98. The Morgan fingerprint density at radius 3 is 2.25 bits per heavy atom. The molecule has 0 aromatic heterocycles. The van der Waals surface area contributed by atoms with Crippen molar-refractivity contribution >= 4 is 0 Å². The largest absolute Gasteiger partial charge is 0.395 e. The number of hydrogen-bond acceptors (Lipinski definition) is 5. The molecule has 0 radical (unpaired) electrons. The van der Waals surface area contributed by atoms with Crippen molar-refractivity contribution in [2.45, 2.75) is 38.4 Å². The Morgan fingerprint density at radius 2 is 1.62 bits per heavy atom. The first-order valence-corrected chi connectivity index (χ1v) is 6.09. The van der Waals surface area contributed by atoms with Crippen LogP contribution in [-0.4, -0.2) is 60.3 Å². The van der Waals surface area contributed by atoms with E-state index >= 15 is 0 Å². The zero-order valence-electron chi connectivity index (χ0n) is 10.2. The molecule has 5 N–H and O–H groups in total. The van der Waals surface area contributed by atoms with E-state index in [2.05, 4.69) is 17.6 Å². The lowest BCUT2D eigenvalue weighted by Crippen LogP contribution is -2.39. The van der Waals surface area contributed by atoms with Gasteiger partial charge in [0.25, 0.3) is 0 Å². The predicted octanol–water partition coefficient (Wildman–Crippen LogP) is -0.930. The summed E-state index contributed by atoms with van der Waals surface area (Å²) in [6.07, 6.45) is 2.12. The van der Waals surface area contributed by atoms with Crippen molar-refractivity contribution in [2.24, 2.45) is 0 Å². The first kappa shape index (κ1) is 15.8. The normalized spacial score (nSPS) is 15.0. The van der Waals surface area contributed by atoms with E-state index in [1.807, 2.05) is 0 Å². The molecule has 5 heteroatoms. The van der Waals surface area contributed by atoms with Gasteiger partial charge in [-0.25, -0.2) is 0 Å². The first-order valence-electron chi connectivity index (χ1n) is 6.09. The van der Waals surface area contributed by atoms with Crippen LogP contribution in [0.25, 0.3) is 0 Å². The van der Waals surface area contributed by atoms with Gasteiger partial charge in [-0.2, -0.15) is 0 Å². The van der Waals surface area contributed by atoms with Crippen molar-refractivity contribution in [1.82, 2.24) is 10.6 Å². The van der Waals surface area contributed by atoms with Gasteiger partial charge in [0, 0.05) is 26.2 Å². The first-order chi connectivity index (χ1) is 7.70. The van der Waals surface area contributed by atoms with Crippen molar-refractivity contribution in [2.75, 3.05) is 32.8 Å². The summed E-state index contributed by atoms with van der Waals surface area (Å²) in [6.45, 7) is 4.11. The van der Waals surface area contributed by atoms with Gasteiger partial charge in [0.2, 0.25) is 0 Å². The molecule has 5 nitrogen and oxygen atoms in total. The summed E-state index contributed by atoms with van der Waals surface area (Å²) in [5, 5.41) is 33.4. The van der Waals surface area contributed by atoms with Crippen LogP contribution in [0.4, 0.5) is 0 Å². The summed E-state index contributed by atoms with van der Waals surface area (Å²) in [6, 6.07) is 0. The van der Waals surface area contributed by atoms with E-state index in [0.29, 0.717) is 26.2 Å². The second kappa shape index (κ2) is 11.3. The molecule has 0 amide bonds. The maximum Gasteiger partial charge on any atom is 0.0788 e. The molecule has 0 spiro atoms. The quantitative estimate of drug-likeness (QED) is 0.298. The average Bonchev–Trinajstić information content (AvgIpc) is 2.26. The molecule has 0 aliphatic rings. The topological polar surface area (TPSA) is 84.8 Å². The molecule has 0 aliphatic carbocycles. The van der Waals surface area contributed by atoms with Crippen LogP contribution in [0, 0.1) is 0 Å². The van der Waals surface area contributed by atoms with E-state index < -0.39 is 6.10 Å². The van der Waals surface area contributed by atoms with Gasteiger partial charge in [-0.1, -0.05) is 19.8 Å². The molecular weight excluding hydrogens is 208 g/mol. The molecule has 0 aliphatic heterocycles. The van der Waals surface area contributed by atoms with Crippen molar-refractivity contribution < 1.29 is 15.3 Å². The van der Waals surface area contributed by atoms with E-state index in [9.17, 15) is 10.2 Å². The summed E-state index contributed by atoms with van der Waals surface area (Å²) in [4.78, 5) is 0. The van der Waals surface area contributed by atoms with Crippen LogP contribution in [0.15, 0.2) is 0 Å². The molecule has 16 heavy (non-hydrogen) atoms. The van der Waals surface area contributed by atoms with E-state index in [-0.39, 0.29) is 12.7 Å². The maximum atomic E-state index is 9.51. The Morgan fingerprint density at radius 1 is 1.00 bits per heavy atom. The van der Waals surface area contributed by atoms with Gasteiger partial charge >= 0.3 is 0 Å². The zero-order chi connectivity index (χ0) is 12.2. The summed E-state index contributed by atoms with van der Waals surface area (Å²) in [7, 11) is 0. The van der Waals surface area contributed by atoms with Crippen molar-refractivity contribution in [3.05, 3.63) is 0 Å². The number of aliphatic hydroxyl groups excluding tert-OH is 3. The van der Waals surface area contributed by atoms with Crippen LogP contribution in [-0.2, 0) is 0 Å². The Balaban J connectivity index is 3.28. The molecular formula is C11H26N2O3. The fourth-order valence-corrected chi connectivity index (χ4v) is 1.38. The van der Waals surface area contributed by atoms with Crippen LogP contribution < -0.4 is 10.6 Å². The van der Waals surface area contributed by atoms with Gasteiger partial charge in [-0.05, 0) is 6.42 Å². The molecule has 0 aromatic rings. The second-order valence-corrected chi connectivity index (χ2v) is 4.04. The lowest BCUT2D eigenvalue weighted by molar-refractivity contribution is 0.136. The van der Waals surface area contributed by atoms with Gasteiger partial charge in [0.05, 0.1) is 18.8 Å². The molecule has 0 heterocycles. The van der Waals surface area contributed by atoms with Crippen molar-refractivity contribution in [1.29, 1.82) is 0 Å². The van der Waals surface area contributed by atoms with Crippen LogP contribution in [0.5, 0.6) is 0 Å². The zero-order valence-corrected chi connectivity index (χ0v) is 10.2. The van der Waals surface area contributed by atoms with Gasteiger partial charge in [0.15, 0.2) is 0 Å². The SMILES string of the molecule is CCCCC(O)CNCC(O)CNCCO. The number of nitrogens with one attached hydrogen (secondary N) is 2. The summed E-state index contributed by atoms with van der Waals surface area (Å²) < 4.78 is 0. The Kier molecular flexibility index (Phi) is 11.1. The second-order valence-electron chi connectivity index (χ2n) is 4.04. The summed E-state index contributed by atoms with van der Waals surface area (Å²) >= 11 is 0. The lowest BCUT2D eigenvalue weighted by Gasteiger charge is -2.15. The van der Waals surface area contributed by atoms with E-state index in [0.717, 1.165) is 19.3 Å². The molecule has 0 fully saturated rings. The van der Waals surface area contributed by atoms with Gasteiger partial charge in [0.1, 0.15) is 0 Å². The van der Waals surface area contributed by atoms with Crippen LogP contribution >= 0.6 is 0 Å². The Bertz CT molecular complexity index is 147. The fourth-order valence-electron chi connectivity index (χ4n) is 1.38. The molecule has 0 saturated heterocycles. The fraction of sp³-hybridized carbons (Fsp3) is 1.00. The highest BCUT2D eigenvalue weighted by molar-refractivity contribution is 4.65. The molecule has 98 valence electrons. The van der Waals surface area contributed by atoms with Gasteiger partial charge < -0.3 is 26.0 Å². The molecule has 0 rings (SSSR count). The van der Waals surface area contributed by atoms with E-state index in [4.69, 9.17) is 5.11 Å². The predicted molar refractivity (Wildman–Crippen MR) is 64.4 cm³/mol. The Hall–Kier alpha value is -0.200. The molecule has 0 saturated carbocycles. The van der Waals surface area contributed by atoms with Crippen LogP contribution in [0.2, 0.25) is 0 Å². The number of unbranched alkanes of at least 4 members (excludes halogenated alkanes) is 1. The molecule has 0 aromatic carbocycles. The average molecular weight is 234 g/mol. The summed E-state index contributed by atoms with van der Waals surface area (Å²) in [5.74, 6) is 0. The highest BCUT2D eigenvalue weighted by atomic mass is 16.3. The lowest BCUT2D eigenvalue weighted by atomic mass is 10.1. The minimum Gasteiger partial charge on any atom is -0.395 e. The third kappa shape index (κ3) is 10.3. The smallest absolute Gasteiger partial charge is 0.0788 e. The Labute approximate surface area is 97.9 Å². The van der Waals surface area contributed by atoms with Gasteiger partial charge in [-0.15, -0.1) is 0 Å². The maximum absolute atomic E-state index is 9.51. The summed E-state index contributed by atoms with van der Waals surface area (Å²) in [5.41, 5.74) is 0. The van der Waals surface area contributed by atoms with E-state index in [1.54, 1.807) is 0 Å². The minimum absolute atomic E-state index is 0.0792. The standard InChI is InChI=1S/C11H26N2O3/c1-2-3-4-10(15)7-13-9-11(16)8-12-5-6-14/h10-16H,2-9H2,1H3. The van der Waals surface area contributed by atoms with Crippen molar-refractivity contribution in [3.63, 3.8) is 0 Å². The van der Waals surface area contributed by atoms with Crippen LogP contribution in [0.3, 0.4) is 0 Å².